The maximum atomic E-state index is 12.6. The van der Waals surface area contributed by atoms with Gasteiger partial charge in [0.05, 0.1) is 12.8 Å². The predicted molar refractivity (Wildman–Crippen MR) is 88.9 cm³/mol. The average Bonchev–Trinajstić information content (AvgIpc) is 2.98. The first kappa shape index (κ1) is 16.8. The Morgan fingerprint density at radius 2 is 2.00 bits per heavy atom. The molecule has 6 heteroatoms. The summed E-state index contributed by atoms with van der Waals surface area (Å²) in [5, 5.41) is 5.67. The van der Waals surface area contributed by atoms with E-state index >= 15 is 0 Å². The van der Waals surface area contributed by atoms with Gasteiger partial charge in [0.25, 0.3) is 0 Å². The van der Waals surface area contributed by atoms with Crippen molar-refractivity contribution in [1.82, 2.24) is 5.32 Å². The number of carbonyl (C=O) groups is 2. The van der Waals surface area contributed by atoms with Crippen molar-refractivity contribution in [2.24, 2.45) is 5.92 Å². The van der Waals surface area contributed by atoms with E-state index in [-0.39, 0.29) is 17.7 Å². The number of halogens is 1. The van der Waals surface area contributed by atoms with Crippen LogP contribution in [0.1, 0.15) is 32.6 Å². The van der Waals surface area contributed by atoms with Gasteiger partial charge in [0.2, 0.25) is 11.8 Å². The first-order valence-corrected chi connectivity index (χ1v) is 8.22. The van der Waals surface area contributed by atoms with Crippen molar-refractivity contribution >= 4 is 33.4 Å². The SMILES string of the molecule is COc1ccc(Br)cc1NC(=O)C(NC(C)=O)C1CCCC1. The van der Waals surface area contributed by atoms with Crippen LogP contribution in [0.25, 0.3) is 0 Å². The Morgan fingerprint density at radius 1 is 1.32 bits per heavy atom. The van der Waals surface area contributed by atoms with Gasteiger partial charge in [-0.05, 0) is 37.0 Å². The first-order chi connectivity index (χ1) is 10.5. The number of methoxy groups -OCH3 is 1. The van der Waals surface area contributed by atoms with Crippen LogP contribution in [0.5, 0.6) is 5.75 Å². The minimum atomic E-state index is -0.497. The van der Waals surface area contributed by atoms with Crippen LogP contribution in [0.3, 0.4) is 0 Å². The molecule has 2 rings (SSSR count). The van der Waals surface area contributed by atoms with Crippen LogP contribution in [0.2, 0.25) is 0 Å². The molecule has 2 amide bonds. The number of rotatable bonds is 5. The molecule has 1 aliphatic carbocycles. The molecule has 1 fully saturated rings. The second-order valence-electron chi connectivity index (χ2n) is 5.56. The number of nitrogens with one attached hydrogen (secondary N) is 2. The van der Waals surface area contributed by atoms with Crippen molar-refractivity contribution in [3.63, 3.8) is 0 Å². The third-order valence-corrected chi connectivity index (χ3v) is 4.43. The number of amides is 2. The van der Waals surface area contributed by atoms with Crippen LogP contribution in [0.4, 0.5) is 5.69 Å². The van der Waals surface area contributed by atoms with Gasteiger partial charge in [-0.2, -0.15) is 0 Å². The lowest BCUT2D eigenvalue weighted by atomic mass is 9.97. The molecule has 0 heterocycles. The molecule has 1 aliphatic rings. The normalized spacial score (nSPS) is 16.1. The van der Waals surface area contributed by atoms with Gasteiger partial charge in [0.15, 0.2) is 0 Å². The van der Waals surface area contributed by atoms with Gasteiger partial charge >= 0.3 is 0 Å². The number of hydrogen-bond donors (Lipinski definition) is 2. The summed E-state index contributed by atoms with van der Waals surface area (Å²) in [6.45, 7) is 1.44. The Balaban J connectivity index is 2.16. The Hall–Kier alpha value is -1.56. The van der Waals surface area contributed by atoms with Gasteiger partial charge in [0.1, 0.15) is 11.8 Å². The van der Waals surface area contributed by atoms with E-state index in [0.29, 0.717) is 11.4 Å². The molecule has 0 aliphatic heterocycles. The van der Waals surface area contributed by atoms with Crippen molar-refractivity contribution in [2.75, 3.05) is 12.4 Å². The topological polar surface area (TPSA) is 67.4 Å². The lowest BCUT2D eigenvalue weighted by molar-refractivity contribution is -0.126. The zero-order valence-electron chi connectivity index (χ0n) is 12.8. The van der Waals surface area contributed by atoms with Crippen LogP contribution in [0, 0.1) is 5.92 Å². The molecule has 1 atom stereocenters. The summed E-state index contributed by atoms with van der Waals surface area (Å²) in [5.74, 6) is 0.401. The Kier molecular flexibility index (Phi) is 5.83. The summed E-state index contributed by atoms with van der Waals surface area (Å²) in [4.78, 5) is 24.0. The van der Waals surface area contributed by atoms with Crippen molar-refractivity contribution < 1.29 is 14.3 Å². The zero-order valence-corrected chi connectivity index (χ0v) is 14.4. The van der Waals surface area contributed by atoms with Crippen LogP contribution in [-0.4, -0.2) is 25.0 Å². The molecular formula is C16H21BrN2O3. The zero-order chi connectivity index (χ0) is 16.1. The number of benzene rings is 1. The summed E-state index contributed by atoms with van der Waals surface area (Å²) in [6, 6.07) is 4.92. The fraction of sp³-hybridized carbons (Fsp3) is 0.500. The number of ether oxygens (including phenoxy) is 1. The molecule has 2 N–H and O–H groups in total. The summed E-state index contributed by atoms with van der Waals surface area (Å²) in [7, 11) is 1.56. The van der Waals surface area contributed by atoms with Gasteiger partial charge in [-0.1, -0.05) is 28.8 Å². The van der Waals surface area contributed by atoms with Crippen molar-refractivity contribution in [3.05, 3.63) is 22.7 Å². The van der Waals surface area contributed by atoms with E-state index in [2.05, 4.69) is 26.6 Å². The Morgan fingerprint density at radius 3 is 2.59 bits per heavy atom. The fourth-order valence-electron chi connectivity index (χ4n) is 2.90. The molecule has 0 bridgehead atoms. The lowest BCUT2D eigenvalue weighted by Crippen LogP contribution is -2.47. The van der Waals surface area contributed by atoms with E-state index in [1.54, 1.807) is 19.2 Å². The lowest BCUT2D eigenvalue weighted by Gasteiger charge is -2.23. The number of hydrogen-bond acceptors (Lipinski definition) is 3. The van der Waals surface area contributed by atoms with Crippen LogP contribution in [0.15, 0.2) is 22.7 Å². The predicted octanol–water partition coefficient (Wildman–Crippen LogP) is 3.09. The van der Waals surface area contributed by atoms with Gasteiger partial charge in [-0.15, -0.1) is 0 Å². The smallest absolute Gasteiger partial charge is 0.247 e. The molecule has 1 saturated carbocycles. The van der Waals surface area contributed by atoms with E-state index < -0.39 is 6.04 Å². The number of anilines is 1. The van der Waals surface area contributed by atoms with Crippen LogP contribution in [-0.2, 0) is 9.59 Å². The quantitative estimate of drug-likeness (QED) is 0.838. The minimum absolute atomic E-state index is 0.187. The van der Waals surface area contributed by atoms with E-state index in [0.717, 1.165) is 30.2 Å². The van der Waals surface area contributed by atoms with Crippen molar-refractivity contribution in [1.29, 1.82) is 0 Å². The second-order valence-corrected chi connectivity index (χ2v) is 6.47. The molecule has 1 aromatic rings. The summed E-state index contributed by atoms with van der Waals surface area (Å²) >= 11 is 3.38. The maximum Gasteiger partial charge on any atom is 0.247 e. The molecule has 22 heavy (non-hydrogen) atoms. The van der Waals surface area contributed by atoms with Gasteiger partial charge in [-0.3, -0.25) is 9.59 Å². The van der Waals surface area contributed by atoms with Gasteiger partial charge < -0.3 is 15.4 Å². The molecular weight excluding hydrogens is 348 g/mol. The van der Waals surface area contributed by atoms with Gasteiger partial charge in [-0.25, -0.2) is 0 Å². The third kappa shape index (κ3) is 4.22. The Bertz CT molecular complexity index is 556. The van der Waals surface area contributed by atoms with Crippen LogP contribution < -0.4 is 15.4 Å². The molecule has 0 aromatic heterocycles. The average molecular weight is 369 g/mol. The maximum absolute atomic E-state index is 12.6. The highest BCUT2D eigenvalue weighted by Gasteiger charge is 2.31. The van der Waals surface area contributed by atoms with Crippen molar-refractivity contribution in [2.45, 2.75) is 38.6 Å². The largest absolute Gasteiger partial charge is 0.495 e. The van der Waals surface area contributed by atoms with E-state index in [4.69, 9.17) is 4.74 Å². The molecule has 0 spiro atoms. The highest BCUT2D eigenvalue weighted by Crippen LogP contribution is 2.31. The highest BCUT2D eigenvalue weighted by atomic mass is 79.9. The molecule has 0 radical (unpaired) electrons. The molecule has 5 nitrogen and oxygen atoms in total. The number of carbonyl (C=O) groups excluding carboxylic acids is 2. The second kappa shape index (κ2) is 7.63. The summed E-state index contributed by atoms with van der Waals surface area (Å²) in [5.41, 5.74) is 0.593. The minimum Gasteiger partial charge on any atom is -0.495 e. The molecule has 1 unspecified atom stereocenters. The van der Waals surface area contributed by atoms with Crippen LogP contribution >= 0.6 is 15.9 Å². The van der Waals surface area contributed by atoms with E-state index in [9.17, 15) is 9.59 Å². The third-order valence-electron chi connectivity index (χ3n) is 3.93. The summed E-state index contributed by atoms with van der Waals surface area (Å²) < 4.78 is 6.11. The first-order valence-electron chi connectivity index (χ1n) is 7.42. The molecule has 0 saturated heterocycles. The summed E-state index contributed by atoms with van der Waals surface area (Å²) in [6.07, 6.45) is 4.14. The van der Waals surface area contributed by atoms with Gasteiger partial charge in [0, 0.05) is 11.4 Å². The monoisotopic (exact) mass is 368 g/mol. The molecule has 1 aromatic carbocycles. The fourth-order valence-corrected chi connectivity index (χ4v) is 3.26. The molecule has 120 valence electrons. The standard InChI is InChI=1S/C16H21BrN2O3/c1-10(20)18-15(11-5-3-4-6-11)16(21)19-13-9-12(17)7-8-14(13)22-2/h7-9,11,15H,3-6H2,1-2H3,(H,18,20)(H,19,21). The van der Waals surface area contributed by atoms with E-state index in [1.165, 1.54) is 6.92 Å². The Labute approximate surface area is 138 Å². The van der Waals surface area contributed by atoms with Crippen molar-refractivity contribution in [3.8, 4) is 5.75 Å². The highest BCUT2D eigenvalue weighted by molar-refractivity contribution is 9.10. The van der Waals surface area contributed by atoms with E-state index in [1.807, 2.05) is 6.07 Å².